The van der Waals surface area contributed by atoms with E-state index in [4.69, 9.17) is 0 Å². The van der Waals surface area contributed by atoms with Crippen LogP contribution in [0.1, 0.15) is 0 Å². The van der Waals surface area contributed by atoms with Gasteiger partial charge >= 0.3 is 0 Å². The summed E-state index contributed by atoms with van der Waals surface area (Å²) in [5, 5.41) is 0. The Balaban J connectivity index is 2.32. The third kappa shape index (κ3) is 2.18. The number of nitrogens with zero attached hydrogens (tertiary/aromatic N) is 1. The highest BCUT2D eigenvalue weighted by Crippen LogP contribution is 2.21. The second-order valence-corrected chi connectivity index (χ2v) is 3.81. The maximum absolute atomic E-state index is 2.16. The molecule has 0 aliphatic heterocycles. The van der Waals surface area contributed by atoms with E-state index < -0.39 is 0 Å². The average molecular weight is 197 g/mol. The zero-order chi connectivity index (χ0) is 10.7. The van der Waals surface area contributed by atoms with Crippen LogP contribution in [0, 0.1) is 0 Å². The molecule has 2 aromatic carbocycles. The van der Waals surface area contributed by atoms with E-state index in [0.29, 0.717) is 0 Å². The van der Waals surface area contributed by atoms with Crippen molar-refractivity contribution in [1.29, 1.82) is 0 Å². The van der Waals surface area contributed by atoms with Gasteiger partial charge in [0.2, 0.25) is 0 Å². The molecule has 0 N–H and O–H groups in total. The molecule has 0 radical (unpaired) electrons. The molecule has 0 aliphatic rings. The van der Waals surface area contributed by atoms with Crippen molar-refractivity contribution in [2.75, 3.05) is 19.0 Å². The summed E-state index contributed by atoms with van der Waals surface area (Å²) in [7, 11) is 4.11. The van der Waals surface area contributed by atoms with Crippen molar-refractivity contribution < 1.29 is 0 Å². The Bertz CT molecular complexity index is 415. The number of benzene rings is 2. The smallest absolute Gasteiger partial charge is 0.0361 e. The highest BCUT2D eigenvalue weighted by Gasteiger charge is 1.97. The van der Waals surface area contributed by atoms with Crippen LogP contribution in [0.25, 0.3) is 11.1 Å². The van der Waals surface area contributed by atoms with E-state index in [9.17, 15) is 0 Å². The summed E-state index contributed by atoms with van der Waals surface area (Å²) in [5.41, 5.74) is 3.76. The van der Waals surface area contributed by atoms with E-state index in [0.717, 1.165) is 0 Å². The lowest BCUT2D eigenvalue weighted by atomic mass is 10.1. The summed E-state index contributed by atoms with van der Waals surface area (Å²) in [6, 6.07) is 19.0. The van der Waals surface area contributed by atoms with Crippen molar-refractivity contribution >= 4 is 5.69 Å². The second-order valence-electron chi connectivity index (χ2n) is 3.81. The van der Waals surface area contributed by atoms with Crippen LogP contribution < -0.4 is 4.90 Å². The van der Waals surface area contributed by atoms with Crippen molar-refractivity contribution in [3.05, 3.63) is 54.6 Å². The third-order valence-electron chi connectivity index (χ3n) is 2.49. The largest absolute Gasteiger partial charge is 0.378 e. The molecule has 0 bridgehead atoms. The quantitative estimate of drug-likeness (QED) is 0.713. The fraction of sp³-hybridized carbons (Fsp3) is 0.143. The van der Waals surface area contributed by atoms with Gasteiger partial charge in [0, 0.05) is 19.8 Å². The van der Waals surface area contributed by atoms with Gasteiger partial charge in [-0.2, -0.15) is 0 Å². The molecule has 0 amide bonds. The first-order valence-electron chi connectivity index (χ1n) is 5.10. The molecule has 0 saturated carbocycles. The molecule has 0 atom stereocenters. The predicted molar refractivity (Wildman–Crippen MR) is 66.2 cm³/mol. The maximum atomic E-state index is 2.16. The lowest BCUT2D eigenvalue weighted by molar-refractivity contribution is 1.13. The Labute approximate surface area is 91.0 Å². The Hall–Kier alpha value is -1.76. The van der Waals surface area contributed by atoms with Gasteiger partial charge in [0.05, 0.1) is 0 Å². The first kappa shape index (κ1) is 9.78. The molecule has 1 nitrogen and oxygen atoms in total. The Morgan fingerprint density at radius 3 is 1.73 bits per heavy atom. The fourth-order valence-corrected chi connectivity index (χ4v) is 1.58. The lowest BCUT2D eigenvalue weighted by Crippen LogP contribution is -2.07. The molecule has 0 saturated heterocycles. The van der Waals surface area contributed by atoms with E-state index in [-0.39, 0.29) is 0 Å². The molecule has 15 heavy (non-hydrogen) atoms. The number of rotatable bonds is 2. The number of hydrogen-bond donors (Lipinski definition) is 0. The van der Waals surface area contributed by atoms with Crippen LogP contribution in [0.2, 0.25) is 0 Å². The van der Waals surface area contributed by atoms with Gasteiger partial charge in [-0.1, -0.05) is 42.5 Å². The SMILES string of the molecule is CN(C)c1ccc(-c2ccccc2)cc1. The van der Waals surface area contributed by atoms with Crippen LogP contribution in [-0.2, 0) is 0 Å². The minimum absolute atomic E-state index is 1.23. The second kappa shape index (κ2) is 4.18. The summed E-state index contributed by atoms with van der Waals surface area (Å²) >= 11 is 0. The van der Waals surface area contributed by atoms with Gasteiger partial charge in [-0.25, -0.2) is 0 Å². The third-order valence-corrected chi connectivity index (χ3v) is 2.49. The van der Waals surface area contributed by atoms with Crippen LogP contribution >= 0.6 is 0 Å². The van der Waals surface area contributed by atoms with Crippen molar-refractivity contribution in [3.8, 4) is 11.1 Å². The lowest BCUT2D eigenvalue weighted by Gasteiger charge is -2.12. The monoisotopic (exact) mass is 197 g/mol. The number of anilines is 1. The van der Waals surface area contributed by atoms with Gasteiger partial charge in [-0.3, -0.25) is 0 Å². The van der Waals surface area contributed by atoms with Gasteiger partial charge in [-0.05, 0) is 23.3 Å². The first-order valence-corrected chi connectivity index (χ1v) is 5.10. The van der Waals surface area contributed by atoms with Gasteiger partial charge in [0.25, 0.3) is 0 Å². The molecule has 0 aromatic heterocycles. The fourth-order valence-electron chi connectivity index (χ4n) is 1.58. The Morgan fingerprint density at radius 1 is 0.667 bits per heavy atom. The van der Waals surface area contributed by atoms with Gasteiger partial charge in [0.1, 0.15) is 0 Å². The molecular weight excluding hydrogens is 182 g/mol. The number of hydrogen-bond acceptors (Lipinski definition) is 1. The summed E-state index contributed by atoms with van der Waals surface area (Å²) in [4.78, 5) is 2.11. The minimum atomic E-state index is 1.23. The van der Waals surface area contributed by atoms with Crippen LogP contribution in [0.3, 0.4) is 0 Å². The minimum Gasteiger partial charge on any atom is -0.378 e. The van der Waals surface area contributed by atoms with Crippen molar-refractivity contribution in [1.82, 2.24) is 0 Å². The highest BCUT2D eigenvalue weighted by atomic mass is 15.1. The van der Waals surface area contributed by atoms with Crippen LogP contribution in [0.15, 0.2) is 54.6 Å². The summed E-state index contributed by atoms with van der Waals surface area (Å²) in [6.07, 6.45) is 0. The van der Waals surface area contributed by atoms with Crippen molar-refractivity contribution in [3.63, 3.8) is 0 Å². The van der Waals surface area contributed by atoms with E-state index >= 15 is 0 Å². The highest BCUT2D eigenvalue weighted by molar-refractivity contribution is 5.66. The van der Waals surface area contributed by atoms with Gasteiger partial charge in [-0.15, -0.1) is 0 Å². The molecule has 2 aromatic rings. The molecular formula is C14H15N. The van der Waals surface area contributed by atoms with Crippen LogP contribution in [0.4, 0.5) is 5.69 Å². The zero-order valence-corrected chi connectivity index (χ0v) is 9.14. The Morgan fingerprint density at radius 2 is 1.20 bits per heavy atom. The summed E-state index contributed by atoms with van der Waals surface area (Å²) in [5.74, 6) is 0. The normalized spacial score (nSPS) is 10.0. The molecule has 0 unspecified atom stereocenters. The zero-order valence-electron chi connectivity index (χ0n) is 9.14. The molecule has 0 fully saturated rings. The topological polar surface area (TPSA) is 3.24 Å². The van der Waals surface area contributed by atoms with Crippen molar-refractivity contribution in [2.24, 2.45) is 0 Å². The standard InChI is InChI=1S/C14H15N/c1-15(2)14-10-8-13(9-11-14)12-6-4-3-5-7-12/h3-11H,1-2H3. The maximum Gasteiger partial charge on any atom is 0.0361 e. The van der Waals surface area contributed by atoms with Crippen LogP contribution in [-0.4, -0.2) is 14.1 Å². The predicted octanol–water partition coefficient (Wildman–Crippen LogP) is 3.42. The first-order chi connectivity index (χ1) is 7.27. The molecule has 2 rings (SSSR count). The molecule has 1 heteroatoms. The van der Waals surface area contributed by atoms with E-state index in [1.165, 1.54) is 16.8 Å². The van der Waals surface area contributed by atoms with Crippen molar-refractivity contribution in [2.45, 2.75) is 0 Å². The Kier molecular flexibility index (Phi) is 2.72. The van der Waals surface area contributed by atoms with Gasteiger partial charge in [0.15, 0.2) is 0 Å². The summed E-state index contributed by atoms with van der Waals surface area (Å²) < 4.78 is 0. The van der Waals surface area contributed by atoms with E-state index in [2.05, 4.69) is 67.5 Å². The molecule has 0 heterocycles. The summed E-state index contributed by atoms with van der Waals surface area (Å²) in [6.45, 7) is 0. The van der Waals surface area contributed by atoms with E-state index in [1.807, 2.05) is 6.07 Å². The van der Waals surface area contributed by atoms with E-state index in [1.54, 1.807) is 0 Å². The molecule has 0 spiro atoms. The van der Waals surface area contributed by atoms with Crippen LogP contribution in [0.5, 0.6) is 0 Å². The molecule has 0 aliphatic carbocycles. The van der Waals surface area contributed by atoms with Gasteiger partial charge < -0.3 is 4.90 Å². The average Bonchev–Trinajstić information content (AvgIpc) is 2.30. The molecule has 76 valence electrons.